The second-order valence-electron chi connectivity index (χ2n) is 9.45. The lowest BCUT2D eigenvalue weighted by molar-refractivity contribution is -0.135. The number of hydrogen-bond acceptors (Lipinski definition) is 4. The van der Waals surface area contributed by atoms with Crippen molar-refractivity contribution in [2.75, 3.05) is 0 Å². The molecule has 2 saturated heterocycles. The van der Waals surface area contributed by atoms with Gasteiger partial charge in [-0.2, -0.15) is 0 Å². The zero-order valence-electron chi connectivity index (χ0n) is 18.8. The van der Waals surface area contributed by atoms with Gasteiger partial charge in [-0.3, -0.25) is 14.5 Å². The third-order valence-electron chi connectivity index (χ3n) is 6.60. The number of benzene rings is 2. The van der Waals surface area contributed by atoms with E-state index in [0.29, 0.717) is 33.4 Å². The molecule has 0 aromatic heterocycles. The number of rotatable bonds is 7. The summed E-state index contributed by atoms with van der Waals surface area (Å²) >= 11 is 12.2. The van der Waals surface area contributed by atoms with Crippen LogP contribution in [-0.4, -0.2) is 40.4 Å². The van der Waals surface area contributed by atoms with Gasteiger partial charge in [0.25, 0.3) is 5.91 Å². The highest BCUT2D eigenvalue weighted by Crippen LogP contribution is 2.37. The molecule has 2 aromatic rings. The van der Waals surface area contributed by atoms with E-state index in [1.54, 1.807) is 38.1 Å². The summed E-state index contributed by atoms with van der Waals surface area (Å²) in [7, 11) is 0. The average Bonchev–Trinajstić information content (AvgIpc) is 2.98. The van der Waals surface area contributed by atoms with Crippen LogP contribution in [0, 0.1) is 0 Å². The molecule has 2 aromatic carbocycles. The van der Waals surface area contributed by atoms with Crippen LogP contribution in [0.2, 0.25) is 10.0 Å². The smallest absolute Gasteiger partial charge is 0.263 e. The average molecular weight is 490 g/mol. The quantitative estimate of drug-likeness (QED) is 0.596. The van der Waals surface area contributed by atoms with Crippen molar-refractivity contribution in [3.63, 3.8) is 0 Å². The Morgan fingerprint density at radius 2 is 1.82 bits per heavy atom. The Morgan fingerprint density at radius 1 is 1.12 bits per heavy atom. The van der Waals surface area contributed by atoms with E-state index in [1.165, 1.54) is 0 Å². The van der Waals surface area contributed by atoms with E-state index in [4.69, 9.17) is 33.7 Å². The third kappa shape index (κ3) is 5.45. The van der Waals surface area contributed by atoms with Gasteiger partial charge in [0.2, 0.25) is 5.91 Å². The van der Waals surface area contributed by atoms with Gasteiger partial charge in [-0.05, 0) is 75.4 Å². The highest BCUT2D eigenvalue weighted by Gasteiger charge is 2.42. The number of nitrogens with one attached hydrogen (secondary N) is 1. The van der Waals surface area contributed by atoms with Crippen LogP contribution >= 0.6 is 23.2 Å². The van der Waals surface area contributed by atoms with E-state index < -0.39 is 11.5 Å². The van der Waals surface area contributed by atoms with Crippen LogP contribution in [0.1, 0.15) is 55.5 Å². The van der Waals surface area contributed by atoms with Crippen LogP contribution in [0.25, 0.3) is 0 Å². The van der Waals surface area contributed by atoms with Crippen molar-refractivity contribution in [3.05, 3.63) is 63.6 Å². The van der Waals surface area contributed by atoms with Gasteiger partial charge in [0.15, 0.2) is 5.60 Å². The Kier molecular flexibility index (Phi) is 6.89. The minimum Gasteiger partial charge on any atom is -0.476 e. The maximum Gasteiger partial charge on any atom is 0.263 e. The molecule has 0 radical (unpaired) electrons. The lowest BCUT2D eigenvalue weighted by atomic mass is 9.95. The summed E-state index contributed by atoms with van der Waals surface area (Å²) in [6.07, 6.45) is 3.98. The lowest BCUT2D eigenvalue weighted by Crippen LogP contribution is -2.55. The molecule has 2 heterocycles. The normalized spacial score (nSPS) is 22.7. The molecule has 2 aliphatic heterocycles. The molecule has 2 fully saturated rings. The van der Waals surface area contributed by atoms with Crippen molar-refractivity contribution in [1.82, 2.24) is 10.2 Å². The lowest BCUT2D eigenvalue weighted by Gasteiger charge is -2.40. The number of piperidine rings is 1. The van der Waals surface area contributed by atoms with E-state index in [-0.39, 0.29) is 11.9 Å². The summed E-state index contributed by atoms with van der Waals surface area (Å²) in [6, 6.07) is 13.3. The van der Waals surface area contributed by atoms with Crippen LogP contribution in [0.5, 0.6) is 5.75 Å². The summed E-state index contributed by atoms with van der Waals surface area (Å²) in [5.41, 5.74) is 5.96. The Bertz CT molecular complexity index is 1040. The summed E-state index contributed by atoms with van der Waals surface area (Å²) in [5, 5.41) is 4.08. The Balaban J connectivity index is 1.37. The van der Waals surface area contributed by atoms with Gasteiger partial charge in [-0.25, -0.2) is 0 Å². The number of carbonyl (C=O) groups excluding carboxylic acids is 2. The number of primary amides is 1. The standard InChI is InChI=1S/C25H29Cl2N3O3/c1-25(2,33-22-9-6-17(26)11-21(22)27)24(32)29-18-12-19-7-8-20(13-18)30(19)14-15-4-3-5-16(10-15)23(28)31/h3-6,9-11,18-20H,7-8,12-14H2,1-2H3,(H2,28,31)(H,29,32)/t18-,19+,20-. The fourth-order valence-corrected chi connectivity index (χ4v) is 5.37. The van der Waals surface area contributed by atoms with Gasteiger partial charge >= 0.3 is 0 Å². The van der Waals surface area contributed by atoms with Gasteiger partial charge in [0.05, 0.1) is 5.02 Å². The Morgan fingerprint density at radius 3 is 2.45 bits per heavy atom. The minimum atomic E-state index is -1.08. The van der Waals surface area contributed by atoms with Crippen molar-refractivity contribution in [3.8, 4) is 5.75 Å². The molecule has 2 bridgehead atoms. The number of carbonyl (C=O) groups is 2. The summed E-state index contributed by atoms with van der Waals surface area (Å²) in [4.78, 5) is 27.1. The SMILES string of the molecule is CC(C)(Oc1ccc(Cl)cc1Cl)C(=O)N[C@H]1C[C@H]2CC[C@@H](C1)N2Cc1cccc(C(N)=O)c1. The summed E-state index contributed by atoms with van der Waals surface area (Å²) < 4.78 is 5.94. The number of hydrogen-bond donors (Lipinski definition) is 2. The van der Waals surface area contributed by atoms with Crippen LogP contribution < -0.4 is 15.8 Å². The van der Waals surface area contributed by atoms with E-state index in [2.05, 4.69) is 10.2 Å². The zero-order valence-corrected chi connectivity index (χ0v) is 20.3. The highest BCUT2D eigenvalue weighted by molar-refractivity contribution is 6.35. The van der Waals surface area contributed by atoms with Gasteiger partial charge in [-0.1, -0.05) is 35.3 Å². The van der Waals surface area contributed by atoms with Gasteiger partial charge in [0.1, 0.15) is 5.75 Å². The second kappa shape index (κ2) is 9.53. The number of ether oxygens (including phenoxy) is 1. The molecule has 3 atom stereocenters. The zero-order chi connectivity index (χ0) is 23.8. The molecule has 0 spiro atoms. The first-order valence-corrected chi connectivity index (χ1v) is 12.0. The first-order valence-electron chi connectivity index (χ1n) is 11.2. The van der Waals surface area contributed by atoms with Gasteiger partial charge < -0.3 is 15.8 Å². The van der Waals surface area contributed by atoms with Crippen molar-refractivity contribution in [2.45, 2.75) is 69.8 Å². The number of halogens is 2. The van der Waals surface area contributed by atoms with E-state index in [1.807, 2.05) is 18.2 Å². The molecule has 0 aliphatic carbocycles. The number of fused-ring (bicyclic) bond motifs is 2. The molecule has 0 saturated carbocycles. The fourth-order valence-electron chi connectivity index (χ4n) is 4.92. The van der Waals surface area contributed by atoms with Crippen molar-refractivity contribution < 1.29 is 14.3 Å². The summed E-state index contributed by atoms with van der Waals surface area (Å²) in [6.45, 7) is 4.26. The molecular formula is C25H29Cl2N3O3. The maximum absolute atomic E-state index is 13.1. The van der Waals surface area contributed by atoms with E-state index in [0.717, 1.165) is 37.8 Å². The highest BCUT2D eigenvalue weighted by atomic mass is 35.5. The van der Waals surface area contributed by atoms with Crippen molar-refractivity contribution >= 4 is 35.0 Å². The summed E-state index contributed by atoms with van der Waals surface area (Å²) in [5.74, 6) is -0.152. The molecule has 0 unspecified atom stereocenters. The molecule has 2 aliphatic rings. The molecule has 3 N–H and O–H groups in total. The number of nitrogens with zero attached hydrogens (tertiary/aromatic N) is 1. The van der Waals surface area contributed by atoms with Crippen molar-refractivity contribution in [2.24, 2.45) is 5.73 Å². The topological polar surface area (TPSA) is 84.7 Å². The molecule has 2 amide bonds. The fraction of sp³-hybridized carbons (Fsp3) is 0.440. The predicted molar refractivity (Wildman–Crippen MR) is 130 cm³/mol. The first kappa shape index (κ1) is 23.9. The monoisotopic (exact) mass is 489 g/mol. The largest absolute Gasteiger partial charge is 0.476 e. The Labute approximate surface area is 204 Å². The van der Waals surface area contributed by atoms with Crippen LogP contribution in [0.4, 0.5) is 0 Å². The van der Waals surface area contributed by atoms with Crippen LogP contribution in [-0.2, 0) is 11.3 Å². The van der Waals surface area contributed by atoms with Crippen molar-refractivity contribution in [1.29, 1.82) is 0 Å². The minimum absolute atomic E-state index is 0.0896. The van der Waals surface area contributed by atoms with Gasteiger partial charge in [0, 0.05) is 35.3 Å². The van der Waals surface area contributed by atoms with Crippen LogP contribution in [0.15, 0.2) is 42.5 Å². The van der Waals surface area contributed by atoms with Gasteiger partial charge in [-0.15, -0.1) is 0 Å². The maximum atomic E-state index is 13.1. The van der Waals surface area contributed by atoms with E-state index in [9.17, 15) is 9.59 Å². The molecule has 6 nitrogen and oxygen atoms in total. The van der Waals surface area contributed by atoms with E-state index >= 15 is 0 Å². The predicted octanol–water partition coefficient (Wildman–Crippen LogP) is 4.56. The molecule has 4 rings (SSSR count). The molecule has 8 heteroatoms. The number of amides is 2. The molecule has 33 heavy (non-hydrogen) atoms. The van der Waals surface area contributed by atoms with Crippen LogP contribution in [0.3, 0.4) is 0 Å². The molecular weight excluding hydrogens is 461 g/mol. The first-order chi connectivity index (χ1) is 15.6. The Hall–Kier alpha value is -2.28. The third-order valence-corrected chi connectivity index (χ3v) is 7.13. The molecule has 176 valence electrons. The second-order valence-corrected chi connectivity index (χ2v) is 10.3. The number of nitrogens with two attached hydrogens (primary N) is 1.